The minimum atomic E-state index is -0.216. The van der Waals surface area contributed by atoms with Crippen LogP contribution in [0.4, 0.5) is 0 Å². The minimum absolute atomic E-state index is 0.130. The first kappa shape index (κ1) is 11.8. The van der Waals surface area contributed by atoms with Crippen LogP contribution in [-0.4, -0.2) is 26.7 Å². The van der Waals surface area contributed by atoms with E-state index in [2.05, 4.69) is 10.2 Å². The molecular formula is C13H17N3O. The van der Waals surface area contributed by atoms with Gasteiger partial charge in [0.25, 0.3) is 0 Å². The van der Waals surface area contributed by atoms with Crippen LogP contribution in [0.3, 0.4) is 0 Å². The molecule has 2 aromatic rings. The zero-order chi connectivity index (χ0) is 12.5. The van der Waals surface area contributed by atoms with Crippen LogP contribution in [0.2, 0.25) is 0 Å². The highest BCUT2D eigenvalue weighted by Gasteiger charge is 2.19. The van der Waals surface area contributed by atoms with Crippen molar-refractivity contribution in [3.8, 4) is 5.69 Å². The lowest BCUT2D eigenvalue weighted by Crippen LogP contribution is -2.21. The van der Waals surface area contributed by atoms with Crippen molar-refractivity contribution in [3.63, 3.8) is 0 Å². The van der Waals surface area contributed by atoms with Gasteiger partial charge in [-0.05, 0) is 24.6 Å². The van der Waals surface area contributed by atoms with Gasteiger partial charge in [0.15, 0.2) is 0 Å². The fourth-order valence-corrected chi connectivity index (χ4v) is 1.60. The summed E-state index contributed by atoms with van der Waals surface area (Å²) < 4.78 is 0. The lowest BCUT2D eigenvalue weighted by molar-refractivity contribution is 0.218. The van der Waals surface area contributed by atoms with Crippen LogP contribution >= 0.6 is 0 Å². The van der Waals surface area contributed by atoms with Crippen LogP contribution in [-0.2, 0) is 5.41 Å². The van der Waals surface area contributed by atoms with Crippen molar-refractivity contribution >= 4 is 0 Å². The van der Waals surface area contributed by atoms with E-state index in [-0.39, 0.29) is 12.0 Å². The Morgan fingerprint density at radius 1 is 1.24 bits per heavy atom. The first-order valence-corrected chi connectivity index (χ1v) is 5.64. The molecule has 0 spiro atoms. The molecule has 0 aliphatic heterocycles. The van der Waals surface area contributed by atoms with Crippen molar-refractivity contribution < 1.29 is 5.11 Å². The van der Waals surface area contributed by atoms with E-state index in [9.17, 15) is 5.11 Å². The Hall–Kier alpha value is -1.68. The highest BCUT2D eigenvalue weighted by molar-refractivity contribution is 5.35. The van der Waals surface area contributed by atoms with E-state index in [1.165, 1.54) is 0 Å². The molecule has 4 heteroatoms. The molecule has 90 valence electrons. The van der Waals surface area contributed by atoms with Crippen LogP contribution in [0.5, 0.6) is 0 Å². The molecule has 4 nitrogen and oxygen atoms in total. The van der Waals surface area contributed by atoms with Gasteiger partial charge in [-0.2, -0.15) is 15.0 Å². The number of nitrogens with zero attached hydrogens (tertiary/aromatic N) is 3. The van der Waals surface area contributed by atoms with Gasteiger partial charge in [-0.25, -0.2) is 0 Å². The molecule has 0 fully saturated rings. The number of aliphatic hydroxyl groups excluding tert-OH is 1. The van der Waals surface area contributed by atoms with Gasteiger partial charge in [-0.15, -0.1) is 0 Å². The third kappa shape index (κ3) is 2.36. The van der Waals surface area contributed by atoms with E-state index in [0.717, 1.165) is 16.9 Å². The summed E-state index contributed by atoms with van der Waals surface area (Å²) in [5.41, 5.74) is 2.71. The molecule has 0 radical (unpaired) electrons. The summed E-state index contributed by atoms with van der Waals surface area (Å²) in [4.78, 5) is 1.60. The highest BCUT2D eigenvalue weighted by Crippen LogP contribution is 2.23. The molecule has 1 heterocycles. The number of benzene rings is 1. The summed E-state index contributed by atoms with van der Waals surface area (Å²) in [5, 5.41) is 17.7. The number of hydrogen-bond donors (Lipinski definition) is 1. The Labute approximate surface area is 101 Å². The van der Waals surface area contributed by atoms with Gasteiger partial charge in [0, 0.05) is 5.41 Å². The largest absolute Gasteiger partial charge is 0.395 e. The minimum Gasteiger partial charge on any atom is -0.395 e. The van der Waals surface area contributed by atoms with Crippen LogP contribution in [0.25, 0.3) is 5.69 Å². The molecular weight excluding hydrogens is 214 g/mol. The maximum absolute atomic E-state index is 9.31. The normalized spacial score (nSPS) is 11.8. The molecule has 17 heavy (non-hydrogen) atoms. The third-order valence-corrected chi connectivity index (χ3v) is 2.88. The number of aromatic nitrogens is 3. The smallest absolute Gasteiger partial charge is 0.0856 e. The van der Waals surface area contributed by atoms with Crippen molar-refractivity contribution in [1.82, 2.24) is 15.0 Å². The third-order valence-electron chi connectivity index (χ3n) is 2.88. The predicted molar refractivity (Wildman–Crippen MR) is 66.2 cm³/mol. The molecule has 1 aromatic carbocycles. The molecule has 2 rings (SSSR count). The number of hydrogen-bond acceptors (Lipinski definition) is 3. The summed E-state index contributed by atoms with van der Waals surface area (Å²) >= 11 is 0. The predicted octanol–water partition coefficient (Wildman–Crippen LogP) is 1.85. The highest BCUT2D eigenvalue weighted by atomic mass is 16.3. The van der Waals surface area contributed by atoms with Crippen molar-refractivity contribution in [2.75, 3.05) is 6.61 Å². The molecule has 0 saturated heterocycles. The van der Waals surface area contributed by atoms with E-state index in [1.807, 2.05) is 45.0 Å². The van der Waals surface area contributed by atoms with Crippen molar-refractivity contribution in [3.05, 3.63) is 41.7 Å². The number of aryl methyl sites for hydroxylation is 1. The topological polar surface area (TPSA) is 50.9 Å². The van der Waals surface area contributed by atoms with Crippen molar-refractivity contribution in [2.45, 2.75) is 26.2 Å². The number of rotatable bonds is 3. The van der Waals surface area contributed by atoms with E-state index in [0.29, 0.717) is 0 Å². The first-order chi connectivity index (χ1) is 8.03. The Bertz CT molecular complexity index is 500. The van der Waals surface area contributed by atoms with Crippen LogP contribution in [0.1, 0.15) is 25.1 Å². The molecule has 0 atom stereocenters. The monoisotopic (exact) mass is 231 g/mol. The second kappa shape index (κ2) is 4.30. The van der Waals surface area contributed by atoms with Crippen LogP contribution in [0, 0.1) is 6.92 Å². The molecule has 0 bridgehead atoms. The Morgan fingerprint density at radius 2 is 1.88 bits per heavy atom. The Balaban J connectivity index is 2.30. The van der Waals surface area contributed by atoms with Gasteiger partial charge in [0.05, 0.1) is 24.2 Å². The fourth-order valence-electron chi connectivity index (χ4n) is 1.60. The maximum Gasteiger partial charge on any atom is 0.0856 e. The molecule has 0 aliphatic rings. The molecule has 1 aromatic heterocycles. The lowest BCUT2D eigenvalue weighted by atomic mass is 9.86. The second-order valence-corrected chi connectivity index (χ2v) is 4.86. The summed E-state index contributed by atoms with van der Waals surface area (Å²) in [6.07, 6.45) is 1.73. The molecule has 0 saturated carbocycles. The summed E-state index contributed by atoms with van der Waals surface area (Å²) in [6.45, 7) is 6.06. The molecule has 0 unspecified atom stereocenters. The average Bonchev–Trinajstić information content (AvgIpc) is 2.76. The van der Waals surface area contributed by atoms with Gasteiger partial charge >= 0.3 is 0 Å². The first-order valence-electron chi connectivity index (χ1n) is 5.64. The molecule has 0 amide bonds. The van der Waals surface area contributed by atoms with Crippen LogP contribution < -0.4 is 0 Å². The second-order valence-electron chi connectivity index (χ2n) is 4.86. The average molecular weight is 231 g/mol. The fraction of sp³-hybridized carbons (Fsp3) is 0.385. The Kier molecular flexibility index (Phi) is 2.98. The standard InChI is InChI=1S/C13H17N3O/c1-10-8-14-16(15-10)12-6-4-11(5-7-12)13(2,3)9-17/h4-8,17H,9H2,1-3H3. The van der Waals surface area contributed by atoms with E-state index < -0.39 is 0 Å². The zero-order valence-corrected chi connectivity index (χ0v) is 10.4. The summed E-state index contributed by atoms with van der Waals surface area (Å²) in [7, 11) is 0. The number of aliphatic hydroxyl groups is 1. The zero-order valence-electron chi connectivity index (χ0n) is 10.4. The Morgan fingerprint density at radius 3 is 2.35 bits per heavy atom. The van der Waals surface area contributed by atoms with Gasteiger partial charge in [-0.3, -0.25) is 0 Å². The molecule has 0 aliphatic carbocycles. The van der Waals surface area contributed by atoms with E-state index >= 15 is 0 Å². The van der Waals surface area contributed by atoms with Gasteiger partial charge < -0.3 is 5.11 Å². The van der Waals surface area contributed by atoms with Gasteiger partial charge in [0.2, 0.25) is 0 Å². The van der Waals surface area contributed by atoms with Gasteiger partial charge in [0.1, 0.15) is 0 Å². The summed E-state index contributed by atoms with van der Waals surface area (Å²) in [5.74, 6) is 0. The van der Waals surface area contributed by atoms with Crippen molar-refractivity contribution in [1.29, 1.82) is 0 Å². The van der Waals surface area contributed by atoms with Crippen LogP contribution in [0.15, 0.2) is 30.5 Å². The van der Waals surface area contributed by atoms with Crippen molar-refractivity contribution in [2.24, 2.45) is 0 Å². The van der Waals surface area contributed by atoms with E-state index in [1.54, 1.807) is 11.0 Å². The lowest BCUT2D eigenvalue weighted by Gasteiger charge is -2.22. The van der Waals surface area contributed by atoms with E-state index in [4.69, 9.17) is 0 Å². The SMILES string of the molecule is Cc1cnn(-c2ccc(C(C)(C)CO)cc2)n1. The van der Waals surface area contributed by atoms with Gasteiger partial charge in [-0.1, -0.05) is 26.0 Å². The maximum atomic E-state index is 9.31. The summed E-state index contributed by atoms with van der Waals surface area (Å²) in [6, 6.07) is 7.94. The quantitative estimate of drug-likeness (QED) is 0.877. The molecule has 1 N–H and O–H groups in total.